The van der Waals surface area contributed by atoms with Gasteiger partial charge >= 0.3 is 0 Å². The third kappa shape index (κ3) is 8.35. The van der Waals surface area contributed by atoms with E-state index in [1.165, 1.54) is 6.07 Å². The van der Waals surface area contributed by atoms with Crippen LogP contribution in [0, 0.1) is 40.4 Å². The van der Waals surface area contributed by atoms with Gasteiger partial charge in [0.15, 0.2) is 0 Å². The topological polar surface area (TPSA) is 137 Å². The molecule has 11 rings (SSSR count). The fourth-order valence-corrected chi connectivity index (χ4v) is 10.9. The van der Waals surface area contributed by atoms with E-state index in [4.69, 9.17) is 19.0 Å². The second-order valence-corrected chi connectivity index (χ2v) is 19.1. The number of hydrogen-bond donors (Lipinski definition) is 1. The van der Waals surface area contributed by atoms with Crippen LogP contribution in [0.5, 0.6) is 0 Å². The van der Waals surface area contributed by atoms with E-state index in [9.17, 15) is 31.5 Å². The van der Waals surface area contributed by atoms with Crippen molar-refractivity contribution in [3.05, 3.63) is 101 Å². The Morgan fingerprint density at radius 2 is 1.15 bits per heavy atom. The molecular weight excluding hydrogens is 884 g/mol. The zero-order chi connectivity index (χ0) is 47.8. The van der Waals surface area contributed by atoms with E-state index >= 15 is 0 Å². The van der Waals surface area contributed by atoms with Crippen molar-refractivity contribution >= 4 is 39.6 Å². The molecule has 6 heterocycles. The van der Waals surface area contributed by atoms with Crippen molar-refractivity contribution in [1.82, 2.24) is 34.7 Å². The number of carbonyl (C=O) groups is 2. The predicted molar refractivity (Wildman–Crippen MR) is 245 cm³/mol. The highest BCUT2D eigenvalue weighted by atomic mass is 19.3. The van der Waals surface area contributed by atoms with Gasteiger partial charge in [0, 0.05) is 67.4 Å². The van der Waals surface area contributed by atoms with Gasteiger partial charge in [0.05, 0.1) is 45.5 Å². The maximum Gasteiger partial charge on any atom is 0.248 e. The van der Waals surface area contributed by atoms with E-state index in [1.807, 2.05) is 64.1 Å². The van der Waals surface area contributed by atoms with E-state index in [-0.39, 0.29) is 61.4 Å². The fourth-order valence-electron chi connectivity index (χ4n) is 10.9. The van der Waals surface area contributed by atoms with Gasteiger partial charge in [-0.1, -0.05) is 28.5 Å². The largest absolute Gasteiger partial charge is 0.361 e. The molecule has 2 atom stereocenters. The third-order valence-electron chi connectivity index (χ3n) is 14.4. The van der Waals surface area contributed by atoms with Crippen molar-refractivity contribution in [2.75, 3.05) is 4.90 Å². The first-order chi connectivity index (χ1) is 32.4. The van der Waals surface area contributed by atoms with Crippen LogP contribution in [0.3, 0.4) is 0 Å². The maximum atomic E-state index is 14.5. The highest BCUT2D eigenvalue weighted by molar-refractivity contribution is 5.96. The number of halogens is 5. The Balaban J connectivity index is 0.000000163. The molecule has 7 aromatic rings. The standard InChI is InChI=1S/C29H29F3N4O2.C22H24F2N4O2/c1-16-4-6-21(15-22(16)30)35-25(8-9-26(35)37)28-33-23-14-19(27-17(2)34-38-18(27)3)5-7-24(23)36(28)20-10-12-29(31,32)13-11-20;1-12-20(13(2)30-27-12)14-3-5-18-17(11-14)26-21(16-4-6-19(29)25-16)28(18)15-7-9-22(23,24)10-8-15/h4-7,14-15,20,25H,8-13H2,1-3H3;3,5,11,15-16H,4,6-10H2,1-2H3,(H,25,29)/t25-;16-/m00/s1. The Morgan fingerprint density at radius 3 is 1.62 bits per heavy atom. The van der Waals surface area contributed by atoms with Gasteiger partial charge in [-0.05, 0) is 126 Å². The minimum absolute atomic E-state index is 0.00481. The molecule has 4 aliphatic rings. The second kappa shape index (κ2) is 17.3. The van der Waals surface area contributed by atoms with Gasteiger partial charge in [0.25, 0.3) is 0 Å². The van der Waals surface area contributed by atoms with Crippen LogP contribution in [-0.2, 0) is 9.59 Å². The van der Waals surface area contributed by atoms with E-state index in [0.717, 1.165) is 61.8 Å². The number of aromatic nitrogens is 6. The fraction of sp³-hybridized carbons (Fsp3) is 0.451. The molecule has 0 bridgehead atoms. The predicted octanol–water partition coefficient (Wildman–Crippen LogP) is 12.4. The van der Waals surface area contributed by atoms with Crippen molar-refractivity contribution in [2.45, 2.75) is 148 Å². The number of hydrogen-bond acceptors (Lipinski definition) is 8. The van der Waals surface area contributed by atoms with Crippen LogP contribution in [0.2, 0.25) is 0 Å². The number of amides is 2. The first-order valence-corrected chi connectivity index (χ1v) is 23.5. The van der Waals surface area contributed by atoms with Gasteiger partial charge in [-0.15, -0.1) is 0 Å². The summed E-state index contributed by atoms with van der Waals surface area (Å²) in [6.07, 6.45) is 2.75. The molecule has 0 radical (unpaired) electrons. The summed E-state index contributed by atoms with van der Waals surface area (Å²) in [6.45, 7) is 9.19. The Kier molecular flexibility index (Phi) is 11.5. The molecule has 2 saturated heterocycles. The summed E-state index contributed by atoms with van der Waals surface area (Å²) in [5, 5.41) is 11.1. The Hall–Kier alpha value is -6.39. The number of nitrogens with one attached hydrogen (secondary N) is 1. The van der Waals surface area contributed by atoms with Crippen molar-refractivity contribution in [3.8, 4) is 22.3 Å². The number of benzene rings is 3. The van der Waals surface area contributed by atoms with Crippen molar-refractivity contribution < 1.29 is 40.6 Å². The van der Waals surface area contributed by atoms with Crippen molar-refractivity contribution in [1.29, 1.82) is 0 Å². The van der Waals surface area contributed by atoms with Crippen molar-refractivity contribution in [2.24, 2.45) is 0 Å². The molecule has 0 spiro atoms. The van der Waals surface area contributed by atoms with E-state index in [0.29, 0.717) is 79.7 Å². The van der Waals surface area contributed by atoms with E-state index < -0.39 is 17.9 Å². The molecule has 68 heavy (non-hydrogen) atoms. The first-order valence-electron chi connectivity index (χ1n) is 23.5. The number of alkyl halides is 4. The van der Waals surface area contributed by atoms with Gasteiger partial charge in [0.1, 0.15) is 29.0 Å². The average Bonchev–Trinajstić information content (AvgIpc) is 4.17. The molecule has 356 valence electrons. The molecule has 2 aliphatic heterocycles. The summed E-state index contributed by atoms with van der Waals surface area (Å²) >= 11 is 0. The van der Waals surface area contributed by atoms with Crippen LogP contribution in [0.15, 0.2) is 63.6 Å². The second-order valence-electron chi connectivity index (χ2n) is 19.1. The van der Waals surface area contributed by atoms with Crippen LogP contribution in [0.25, 0.3) is 44.3 Å². The van der Waals surface area contributed by atoms with Gasteiger partial charge in [-0.3, -0.25) is 9.59 Å². The zero-order valence-corrected chi connectivity index (χ0v) is 38.6. The molecule has 12 nitrogen and oxygen atoms in total. The summed E-state index contributed by atoms with van der Waals surface area (Å²) in [5.41, 5.74) is 9.51. The Morgan fingerprint density at radius 1 is 0.632 bits per heavy atom. The van der Waals surface area contributed by atoms with Crippen LogP contribution < -0.4 is 10.2 Å². The lowest BCUT2D eigenvalue weighted by Crippen LogP contribution is -2.32. The molecular formula is C51H53F5N8O4. The zero-order valence-electron chi connectivity index (χ0n) is 38.6. The van der Waals surface area contributed by atoms with Crippen LogP contribution >= 0.6 is 0 Å². The first kappa shape index (κ1) is 45.4. The van der Waals surface area contributed by atoms with Crippen LogP contribution in [0.4, 0.5) is 27.6 Å². The quantitative estimate of drug-likeness (QED) is 0.156. The smallest absolute Gasteiger partial charge is 0.248 e. The summed E-state index contributed by atoms with van der Waals surface area (Å²) in [5.74, 6) is -2.89. The number of nitrogens with zero attached hydrogens (tertiary/aromatic N) is 7. The van der Waals surface area contributed by atoms with Gasteiger partial charge < -0.3 is 28.4 Å². The number of fused-ring (bicyclic) bond motifs is 2. The molecule has 2 amide bonds. The third-order valence-corrected chi connectivity index (χ3v) is 14.4. The SMILES string of the molecule is Cc1ccc(N2C(=O)CC[C@H]2c2nc3cc(-c4c(C)noc4C)ccc3n2C2CCC(F)(F)CC2)cc1F.Cc1noc(C)c1-c1ccc2c(c1)nc([C@@H]1CCC(=O)N1)n2C1CCC(F)(F)CC1. The molecule has 0 unspecified atom stereocenters. The van der Waals surface area contributed by atoms with Crippen LogP contribution in [0.1, 0.15) is 141 Å². The Labute approximate surface area is 389 Å². The molecule has 4 fully saturated rings. The monoisotopic (exact) mass is 936 g/mol. The lowest BCUT2D eigenvalue weighted by molar-refractivity contribution is -0.119. The summed E-state index contributed by atoms with van der Waals surface area (Å²) in [6, 6.07) is 15.9. The minimum Gasteiger partial charge on any atom is -0.361 e. The van der Waals surface area contributed by atoms with Gasteiger partial charge in [0.2, 0.25) is 23.7 Å². The number of anilines is 1. The minimum atomic E-state index is -2.67. The lowest BCUT2D eigenvalue weighted by atomic mass is 9.91. The highest BCUT2D eigenvalue weighted by Crippen LogP contribution is 2.46. The molecule has 2 saturated carbocycles. The van der Waals surface area contributed by atoms with Crippen molar-refractivity contribution in [3.63, 3.8) is 0 Å². The van der Waals surface area contributed by atoms with E-state index in [1.54, 1.807) is 24.0 Å². The summed E-state index contributed by atoms with van der Waals surface area (Å²) in [7, 11) is 0. The van der Waals surface area contributed by atoms with Crippen LogP contribution in [-0.4, -0.2) is 53.1 Å². The van der Waals surface area contributed by atoms with Gasteiger partial charge in [-0.25, -0.2) is 31.9 Å². The molecule has 1 N–H and O–H groups in total. The lowest BCUT2D eigenvalue weighted by Gasteiger charge is -2.32. The molecule has 4 aromatic heterocycles. The Bertz CT molecular complexity index is 3040. The molecule has 2 aliphatic carbocycles. The normalized spacial score (nSPS) is 20.9. The number of carbonyl (C=O) groups excluding carboxylic acids is 2. The van der Waals surface area contributed by atoms with E-state index in [2.05, 4.69) is 24.8 Å². The summed E-state index contributed by atoms with van der Waals surface area (Å²) < 4.78 is 85.1. The maximum absolute atomic E-state index is 14.5. The number of imidazole rings is 2. The van der Waals surface area contributed by atoms with Gasteiger partial charge in [-0.2, -0.15) is 0 Å². The molecule has 17 heteroatoms. The highest BCUT2D eigenvalue weighted by Gasteiger charge is 2.42. The number of aryl methyl sites for hydroxylation is 5. The molecule has 3 aromatic carbocycles. The summed E-state index contributed by atoms with van der Waals surface area (Å²) in [4.78, 5) is 36.4. The average molecular weight is 937 g/mol. The number of rotatable bonds is 7.